The Hall–Kier alpha value is -1.71. The molecule has 1 aliphatic rings. The third-order valence-electron chi connectivity index (χ3n) is 11.7. The van der Waals surface area contributed by atoms with E-state index in [0.29, 0.717) is 58.5 Å². The number of likely N-dealkylation sites (tertiary alicyclic amines) is 1. The maximum absolute atomic E-state index is 13.4. The molecule has 1 unspecified atom stereocenters. The van der Waals surface area contributed by atoms with E-state index < -0.39 is 0 Å². The number of carbonyl (C=O) groups is 3. The first-order valence-corrected chi connectivity index (χ1v) is 24.8. The van der Waals surface area contributed by atoms with Crippen LogP contribution in [-0.2, 0) is 33.3 Å². The highest BCUT2D eigenvalue weighted by Gasteiger charge is 2.38. The van der Waals surface area contributed by atoms with Gasteiger partial charge in [-0.3, -0.25) is 19.3 Å². The lowest BCUT2D eigenvalue weighted by Gasteiger charge is -2.22. The highest BCUT2D eigenvalue weighted by Crippen LogP contribution is 2.24. The number of unbranched alkanes of at least 4 members (excludes halogenated alkanes) is 21. The Kier molecular flexibility index (Phi) is 36.9. The van der Waals surface area contributed by atoms with Gasteiger partial charge in [-0.2, -0.15) is 0 Å². The Bertz CT molecular complexity index is 947. The molecule has 2 atom stereocenters. The maximum atomic E-state index is 13.4. The fraction of sp³-hybridized carbons (Fsp3) is 0.939. The van der Waals surface area contributed by atoms with E-state index in [9.17, 15) is 14.4 Å². The Balaban J connectivity index is 2.42. The summed E-state index contributed by atoms with van der Waals surface area (Å²) in [6, 6.07) is -0.324. The maximum Gasteiger partial charge on any atom is 0.323 e. The van der Waals surface area contributed by atoms with Crippen LogP contribution in [0.25, 0.3) is 0 Å². The van der Waals surface area contributed by atoms with Gasteiger partial charge in [-0.15, -0.1) is 0 Å². The number of hydrogen-bond acceptors (Lipinski definition) is 9. The number of carbonyl (C=O) groups excluding carboxylic acids is 3. The van der Waals surface area contributed by atoms with Crippen molar-refractivity contribution < 1.29 is 33.3 Å². The third-order valence-corrected chi connectivity index (χ3v) is 11.7. The molecule has 1 heterocycles. The van der Waals surface area contributed by atoms with Gasteiger partial charge in [-0.25, -0.2) is 0 Å². The first kappa shape index (κ1) is 54.3. The quantitative estimate of drug-likeness (QED) is 0.0339. The van der Waals surface area contributed by atoms with Crippen LogP contribution in [0.3, 0.4) is 0 Å². The van der Waals surface area contributed by atoms with Crippen LogP contribution in [0.15, 0.2) is 0 Å². The van der Waals surface area contributed by atoms with Crippen LogP contribution in [-0.4, -0.2) is 99.5 Å². The van der Waals surface area contributed by atoms with E-state index in [1.807, 2.05) is 0 Å². The summed E-state index contributed by atoms with van der Waals surface area (Å²) in [5.41, 5.74) is 0. The summed E-state index contributed by atoms with van der Waals surface area (Å²) in [6.45, 7) is 10.7. The zero-order valence-corrected chi connectivity index (χ0v) is 38.9. The number of hydrogen-bond donors (Lipinski definition) is 0. The van der Waals surface area contributed by atoms with Gasteiger partial charge in [0.15, 0.2) is 0 Å². The largest absolute Gasteiger partial charge is 0.466 e. The van der Waals surface area contributed by atoms with E-state index in [0.717, 1.165) is 77.3 Å². The second-order valence-electron chi connectivity index (χ2n) is 17.6. The Morgan fingerprint density at radius 2 is 1.03 bits per heavy atom. The van der Waals surface area contributed by atoms with Crippen LogP contribution < -0.4 is 0 Å². The standard InChI is InChI=1S/C49H94N2O7/c1-6-9-12-15-18-19-20-23-30-39-56-47(52)35-27-24-29-38-51-43-45(55-41-32-37-50(4)5)42-46(51)49(54)57-40-31-28-36-48(53)58-44(33-25-21-16-13-10-7-2)34-26-22-17-14-11-8-3/h44-46H,6-43H2,1-5H3/t45?,46-/m0/s1. The third kappa shape index (κ3) is 32.1. The van der Waals surface area contributed by atoms with Gasteiger partial charge in [0.25, 0.3) is 0 Å². The smallest absolute Gasteiger partial charge is 0.323 e. The van der Waals surface area contributed by atoms with E-state index in [-0.39, 0.29) is 36.2 Å². The molecule has 0 amide bonds. The van der Waals surface area contributed by atoms with Crippen molar-refractivity contribution in [3.63, 3.8) is 0 Å². The van der Waals surface area contributed by atoms with Crippen LogP contribution in [0.1, 0.15) is 226 Å². The summed E-state index contributed by atoms with van der Waals surface area (Å²) in [5.74, 6) is -0.403. The lowest BCUT2D eigenvalue weighted by atomic mass is 10.0. The normalized spacial score (nSPS) is 15.8. The van der Waals surface area contributed by atoms with Gasteiger partial charge in [0.2, 0.25) is 0 Å². The average Bonchev–Trinajstić information content (AvgIpc) is 3.62. The summed E-state index contributed by atoms with van der Waals surface area (Å²) in [5, 5.41) is 0. The number of esters is 3. The van der Waals surface area contributed by atoms with Crippen LogP contribution in [0.2, 0.25) is 0 Å². The highest BCUT2D eigenvalue weighted by molar-refractivity contribution is 5.76. The molecule has 58 heavy (non-hydrogen) atoms. The summed E-state index contributed by atoms with van der Waals surface area (Å²) in [4.78, 5) is 42.9. The second kappa shape index (κ2) is 39.4. The molecule has 9 nitrogen and oxygen atoms in total. The molecular formula is C49H94N2O7. The number of ether oxygens (including phenoxy) is 4. The van der Waals surface area contributed by atoms with Crippen molar-refractivity contribution in [2.45, 2.75) is 244 Å². The minimum absolute atomic E-state index is 0.00569. The Morgan fingerprint density at radius 1 is 0.552 bits per heavy atom. The SMILES string of the molecule is CCCCCCCCCCCOC(=O)CCCCCN1CC(OCCCN(C)C)C[C@H]1C(=O)OCCCCC(=O)OC(CCCCCCCC)CCCCCCCC. The molecule has 1 aliphatic heterocycles. The minimum Gasteiger partial charge on any atom is -0.466 e. The van der Waals surface area contributed by atoms with Crippen molar-refractivity contribution in [3.8, 4) is 0 Å². The molecule has 1 saturated heterocycles. The van der Waals surface area contributed by atoms with Gasteiger partial charge in [0.05, 0.1) is 19.3 Å². The van der Waals surface area contributed by atoms with Gasteiger partial charge >= 0.3 is 17.9 Å². The van der Waals surface area contributed by atoms with E-state index in [1.165, 1.54) is 109 Å². The fourth-order valence-corrected chi connectivity index (χ4v) is 7.99. The lowest BCUT2D eigenvalue weighted by Crippen LogP contribution is -2.38. The summed E-state index contributed by atoms with van der Waals surface area (Å²) in [7, 11) is 4.13. The van der Waals surface area contributed by atoms with Crippen molar-refractivity contribution in [2.75, 3.05) is 53.6 Å². The molecule has 0 saturated carbocycles. The number of rotatable bonds is 42. The number of nitrogens with zero attached hydrogens (tertiary/aromatic N) is 2. The molecule has 1 fully saturated rings. The van der Waals surface area contributed by atoms with Gasteiger partial charge < -0.3 is 23.8 Å². The zero-order valence-electron chi connectivity index (χ0n) is 38.9. The van der Waals surface area contributed by atoms with Crippen molar-refractivity contribution in [1.82, 2.24) is 9.80 Å². The van der Waals surface area contributed by atoms with Crippen molar-refractivity contribution in [3.05, 3.63) is 0 Å². The molecule has 0 N–H and O–H groups in total. The zero-order chi connectivity index (χ0) is 42.3. The molecule has 342 valence electrons. The average molecular weight is 823 g/mol. The summed E-state index contributed by atoms with van der Waals surface area (Å²) >= 11 is 0. The van der Waals surface area contributed by atoms with Crippen LogP contribution in [0.4, 0.5) is 0 Å². The Morgan fingerprint density at radius 3 is 1.62 bits per heavy atom. The predicted molar refractivity (Wildman–Crippen MR) is 240 cm³/mol. The van der Waals surface area contributed by atoms with Crippen molar-refractivity contribution in [1.29, 1.82) is 0 Å². The molecular weight excluding hydrogens is 729 g/mol. The van der Waals surface area contributed by atoms with E-state index in [1.54, 1.807) is 0 Å². The summed E-state index contributed by atoms with van der Waals surface area (Å²) in [6.07, 6.45) is 34.5. The first-order chi connectivity index (χ1) is 28.3. The molecule has 0 aromatic heterocycles. The molecule has 9 heteroatoms. The fourth-order valence-electron chi connectivity index (χ4n) is 7.99. The molecule has 0 radical (unpaired) electrons. The lowest BCUT2D eigenvalue weighted by molar-refractivity contribution is -0.150. The minimum atomic E-state index is -0.324. The topological polar surface area (TPSA) is 94.6 Å². The predicted octanol–water partition coefficient (Wildman–Crippen LogP) is 12.2. The summed E-state index contributed by atoms with van der Waals surface area (Å²) < 4.78 is 23.5. The van der Waals surface area contributed by atoms with E-state index in [2.05, 4.69) is 44.7 Å². The van der Waals surface area contributed by atoms with Crippen molar-refractivity contribution >= 4 is 17.9 Å². The molecule has 0 aromatic carbocycles. The molecule has 1 rings (SSSR count). The van der Waals surface area contributed by atoms with Gasteiger partial charge in [0, 0.05) is 32.4 Å². The Labute approximate surface area is 358 Å². The van der Waals surface area contributed by atoms with Gasteiger partial charge in [-0.1, -0.05) is 143 Å². The molecule has 0 aliphatic carbocycles. The second-order valence-corrected chi connectivity index (χ2v) is 17.6. The van der Waals surface area contributed by atoms with Crippen LogP contribution >= 0.6 is 0 Å². The molecule has 0 bridgehead atoms. The molecule has 0 aromatic rings. The van der Waals surface area contributed by atoms with E-state index in [4.69, 9.17) is 18.9 Å². The van der Waals surface area contributed by atoms with Gasteiger partial charge in [0.1, 0.15) is 12.1 Å². The first-order valence-electron chi connectivity index (χ1n) is 24.8. The van der Waals surface area contributed by atoms with Gasteiger partial charge in [-0.05, 0) is 91.4 Å². The van der Waals surface area contributed by atoms with E-state index >= 15 is 0 Å². The van der Waals surface area contributed by atoms with Crippen LogP contribution in [0, 0.1) is 0 Å². The van der Waals surface area contributed by atoms with Crippen LogP contribution in [0.5, 0.6) is 0 Å². The highest BCUT2D eigenvalue weighted by atomic mass is 16.5. The monoisotopic (exact) mass is 823 g/mol. The van der Waals surface area contributed by atoms with Crippen molar-refractivity contribution in [2.24, 2.45) is 0 Å². The molecule has 0 spiro atoms.